The topological polar surface area (TPSA) is 110 Å². The van der Waals surface area contributed by atoms with Gasteiger partial charge in [-0.1, -0.05) is 48.5 Å². The summed E-state index contributed by atoms with van der Waals surface area (Å²) < 4.78 is 5.59. The first-order chi connectivity index (χ1) is 14.3. The van der Waals surface area contributed by atoms with E-state index in [0.717, 1.165) is 22.3 Å². The molecular weight excluding hydrogens is 384 g/mol. The minimum absolute atomic E-state index is 0.0592. The summed E-state index contributed by atoms with van der Waals surface area (Å²) in [5, 5.41) is 9.60. The van der Waals surface area contributed by atoms with E-state index in [1.165, 1.54) is 11.8 Å². The van der Waals surface area contributed by atoms with Crippen LogP contribution in [-0.2, 0) is 14.3 Å². The summed E-state index contributed by atoms with van der Waals surface area (Å²) in [6.45, 7) is 1.52. The van der Waals surface area contributed by atoms with Crippen molar-refractivity contribution in [1.82, 2.24) is 4.90 Å². The van der Waals surface area contributed by atoms with Gasteiger partial charge in [0.15, 0.2) is 0 Å². The average molecular weight is 408 g/mol. The lowest BCUT2D eigenvalue weighted by molar-refractivity contribution is -0.145. The molecule has 0 saturated carbocycles. The molecule has 4 rings (SSSR count). The molecule has 1 amide bonds. The predicted octanol–water partition coefficient (Wildman–Crippen LogP) is 2.77. The molecule has 2 aromatic carbocycles. The summed E-state index contributed by atoms with van der Waals surface area (Å²) in [5.41, 5.74) is 9.24. The SMILES string of the molecule is CC(=O)C1(N)CCN(C(=O)OCC2c3ccccc3-c3ccccc32)C(C(=O)O)C1. The number of carbonyl (C=O) groups excluding carboxylic acids is 2. The van der Waals surface area contributed by atoms with Crippen molar-refractivity contribution < 1.29 is 24.2 Å². The van der Waals surface area contributed by atoms with Crippen molar-refractivity contribution in [2.75, 3.05) is 13.2 Å². The maximum absolute atomic E-state index is 12.8. The second-order valence-electron chi connectivity index (χ2n) is 8.02. The molecular formula is C23H24N2O5. The van der Waals surface area contributed by atoms with Crippen LogP contribution in [-0.4, -0.2) is 52.6 Å². The molecule has 2 atom stereocenters. The summed E-state index contributed by atoms with van der Waals surface area (Å²) in [6, 6.07) is 14.8. The fourth-order valence-electron chi connectivity index (χ4n) is 4.47. The maximum atomic E-state index is 12.8. The van der Waals surface area contributed by atoms with Crippen molar-refractivity contribution in [3.63, 3.8) is 0 Å². The molecule has 0 spiro atoms. The molecule has 2 aliphatic rings. The maximum Gasteiger partial charge on any atom is 0.410 e. The van der Waals surface area contributed by atoms with Crippen LogP contribution in [0.2, 0.25) is 0 Å². The van der Waals surface area contributed by atoms with Crippen LogP contribution in [0.25, 0.3) is 11.1 Å². The van der Waals surface area contributed by atoms with Gasteiger partial charge < -0.3 is 15.6 Å². The van der Waals surface area contributed by atoms with Gasteiger partial charge in [0.05, 0.1) is 5.54 Å². The first kappa shape index (κ1) is 20.1. The highest BCUT2D eigenvalue weighted by atomic mass is 16.6. The van der Waals surface area contributed by atoms with Gasteiger partial charge in [-0.05, 0) is 35.6 Å². The molecule has 0 bridgehead atoms. The third kappa shape index (κ3) is 3.35. The van der Waals surface area contributed by atoms with Gasteiger partial charge in [0.1, 0.15) is 18.4 Å². The first-order valence-corrected chi connectivity index (χ1v) is 9.96. The summed E-state index contributed by atoms with van der Waals surface area (Å²) in [7, 11) is 0. The van der Waals surface area contributed by atoms with Gasteiger partial charge in [0.2, 0.25) is 0 Å². The average Bonchev–Trinajstić information content (AvgIpc) is 3.05. The highest BCUT2D eigenvalue weighted by Gasteiger charge is 2.45. The molecule has 1 aliphatic heterocycles. The summed E-state index contributed by atoms with van der Waals surface area (Å²) in [5.74, 6) is -1.58. The number of carbonyl (C=O) groups is 3. The van der Waals surface area contributed by atoms with Crippen molar-refractivity contribution in [1.29, 1.82) is 0 Å². The van der Waals surface area contributed by atoms with Crippen LogP contribution in [0.15, 0.2) is 48.5 Å². The van der Waals surface area contributed by atoms with Crippen LogP contribution >= 0.6 is 0 Å². The fraction of sp³-hybridized carbons (Fsp3) is 0.348. The van der Waals surface area contributed by atoms with Crippen LogP contribution in [0.3, 0.4) is 0 Å². The molecule has 1 heterocycles. The lowest BCUT2D eigenvalue weighted by Gasteiger charge is -2.41. The van der Waals surface area contributed by atoms with E-state index >= 15 is 0 Å². The van der Waals surface area contributed by atoms with E-state index in [-0.39, 0.29) is 37.7 Å². The van der Waals surface area contributed by atoms with Gasteiger partial charge >= 0.3 is 12.1 Å². The Bertz CT molecular complexity index is 975. The number of piperidine rings is 1. The molecule has 0 radical (unpaired) electrons. The Labute approximate surface area is 174 Å². The molecule has 0 aromatic heterocycles. The van der Waals surface area contributed by atoms with Gasteiger partial charge in [0, 0.05) is 18.9 Å². The highest BCUT2D eigenvalue weighted by Crippen LogP contribution is 2.44. The van der Waals surface area contributed by atoms with Crippen molar-refractivity contribution in [3.05, 3.63) is 59.7 Å². The van der Waals surface area contributed by atoms with Crippen LogP contribution in [0, 0.1) is 0 Å². The standard InChI is InChI=1S/C23H24N2O5/c1-14(26)23(24)10-11-25(20(12-23)21(27)28)22(29)30-13-19-17-8-4-2-6-15(17)16-7-3-5-9-18(16)19/h2-9,19-20H,10-13,24H2,1H3,(H,27,28). The minimum Gasteiger partial charge on any atom is -0.480 e. The van der Waals surface area contributed by atoms with E-state index in [4.69, 9.17) is 10.5 Å². The van der Waals surface area contributed by atoms with E-state index in [2.05, 4.69) is 0 Å². The second kappa shape index (κ2) is 7.57. The first-order valence-electron chi connectivity index (χ1n) is 9.96. The largest absolute Gasteiger partial charge is 0.480 e. The van der Waals surface area contributed by atoms with Crippen LogP contribution in [0.5, 0.6) is 0 Å². The molecule has 156 valence electrons. The number of fused-ring (bicyclic) bond motifs is 3. The quantitative estimate of drug-likeness (QED) is 0.805. The Hall–Kier alpha value is -3.19. The smallest absolute Gasteiger partial charge is 0.410 e. The number of benzene rings is 2. The molecule has 1 fully saturated rings. The number of hydrogen-bond donors (Lipinski definition) is 2. The Morgan fingerprint density at radius 3 is 2.20 bits per heavy atom. The van der Waals surface area contributed by atoms with Gasteiger partial charge in [-0.25, -0.2) is 9.59 Å². The third-order valence-corrected chi connectivity index (χ3v) is 6.29. The zero-order valence-corrected chi connectivity index (χ0v) is 16.7. The van der Waals surface area contributed by atoms with Crippen molar-refractivity contribution in [2.24, 2.45) is 5.73 Å². The van der Waals surface area contributed by atoms with E-state index in [9.17, 15) is 19.5 Å². The third-order valence-electron chi connectivity index (χ3n) is 6.29. The number of rotatable bonds is 4. The van der Waals surface area contributed by atoms with E-state index < -0.39 is 23.6 Å². The number of ketones is 1. The molecule has 3 N–H and O–H groups in total. The second-order valence-corrected chi connectivity index (χ2v) is 8.02. The molecule has 7 nitrogen and oxygen atoms in total. The normalized spacial score (nSPS) is 22.9. The van der Waals surface area contributed by atoms with Crippen molar-refractivity contribution in [3.8, 4) is 11.1 Å². The number of nitrogens with two attached hydrogens (primary N) is 1. The zero-order chi connectivity index (χ0) is 21.5. The Kier molecular flexibility index (Phi) is 5.07. The number of likely N-dealkylation sites (tertiary alicyclic amines) is 1. The zero-order valence-electron chi connectivity index (χ0n) is 16.7. The molecule has 2 aromatic rings. The van der Waals surface area contributed by atoms with E-state index in [1.807, 2.05) is 48.5 Å². The Morgan fingerprint density at radius 1 is 1.10 bits per heavy atom. The minimum atomic E-state index is -1.23. The molecule has 30 heavy (non-hydrogen) atoms. The van der Waals surface area contributed by atoms with E-state index in [0.29, 0.717) is 0 Å². The van der Waals surface area contributed by atoms with Crippen molar-refractivity contribution in [2.45, 2.75) is 37.3 Å². The summed E-state index contributed by atoms with van der Waals surface area (Å²) in [6.07, 6.45) is -0.618. The molecule has 7 heteroatoms. The number of carboxylic acid groups (broad SMARTS) is 1. The van der Waals surface area contributed by atoms with Crippen LogP contribution < -0.4 is 5.73 Å². The molecule has 1 aliphatic carbocycles. The summed E-state index contributed by atoms with van der Waals surface area (Å²) >= 11 is 0. The molecule has 2 unspecified atom stereocenters. The van der Waals surface area contributed by atoms with Gasteiger partial charge in [-0.3, -0.25) is 9.69 Å². The number of amides is 1. The number of Topliss-reactive ketones (excluding diaryl/α,β-unsaturated/α-hetero) is 1. The van der Waals surface area contributed by atoms with Gasteiger partial charge in [-0.2, -0.15) is 0 Å². The number of carboxylic acids is 1. The van der Waals surface area contributed by atoms with Crippen LogP contribution in [0.1, 0.15) is 36.8 Å². The van der Waals surface area contributed by atoms with E-state index in [1.54, 1.807) is 0 Å². The van der Waals surface area contributed by atoms with Crippen LogP contribution in [0.4, 0.5) is 4.79 Å². The lowest BCUT2D eigenvalue weighted by Crippen LogP contribution is -2.61. The predicted molar refractivity (Wildman–Crippen MR) is 110 cm³/mol. The number of aliphatic carboxylic acids is 1. The van der Waals surface area contributed by atoms with Gasteiger partial charge in [-0.15, -0.1) is 0 Å². The van der Waals surface area contributed by atoms with Gasteiger partial charge in [0.25, 0.3) is 0 Å². The number of hydrogen-bond acceptors (Lipinski definition) is 5. The fourth-order valence-corrected chi connectivity index (χ4v) is 4.47. The number of ether oxygens (including phenoxy) is 1. The lowest BCUT2D eigenvalue weighted by atomic mass is 9.81. The summed E-state index contributed by atoms with van der Waals surface area (Å²) in [4.78, 5) is 37.6. The molecule has 1 saturated heterocycles. The monoisotopic (exact) mass is 408 g/mol. The van der Waals surface area contributed by atoms with Crippen molar-refractivity contribution >= 4 is 17.8 Å². The highest BCUT2D eigenvalue weighted by molar-refractivity contribution is 5.89. The Morgan fingerprint density at radius 2 is 1.67 bits per heavy atom. The number of nitrogens with zero attached hydrogens (tertiary/aromatic N) is 1. The Balaban J connectivity index is 1.51.